The molecule has 4 nitrogen and oxygen atoms in total. The molecule has 1 saturated heterocycles. The standard InChI is InChI=1S/C14H19N3O/c15-7-4-12-13-3-1-2-8-17(13)14(16-12)11-5-9-18-10-6-11/h11H,1-6,8-10H2. The van der Waals surface area contributed by atoms with Gasteiger partial charge >= 0.3 is 0 Å². The highest BCUT2D eigenvalue weighted by molar-refractivity contribution is 5.24. The number of nitrogens with zero attached hydrogens (tertiary/aromatic N) is 3. The highest BCUT2D eigenvalue weighted by atomic mass is 16.5. The van der Waals surface area contributed by atoms with E-state index >= 15 is 0 Å². The van der Waals surface area contributed by atoms with Crippen molar-refractivity contribution in [2.75, 3.05) is 13.2 Å². The van der Waals surface area contributed by atoms with E-state index < -0.39 is 0 Å². The maximum Gasteiger partial charge on any atom is 0.112 e. The van der Waals surface area contributed by atoms with E-state index in [1.165, 1.54) is 24.4 Å². The minimum Gasteiger partial charge on any atom is -0.381 e. The van der Waals surface area contributed by atoms with Gasteiger partial charge in [0.15, 0.2) is 0 Å². The van der Waals surface area contributed by atoms with Gasteiger partial charge in [-0.05, 0) is 32.1 Å². The third-order valence-corrected chi connectivity index (χ3v) is 4.06. The van der Waals surface area contributed by atoms with Crippen LogP contribution >= 0.6 is 0 Å². The average Bonchev–Trinajstić information content (AvgIpc) is 2.80. The summed E-state index contributed by atoms with van der Waals surface area (Å²) in [6.45, 7) is 2.78. The Hall–Kier alpha value is -1.34. The molecule has 3 rings (SSSR count). The first-order chi connectivity index (χ1) is 8.90. The Morgan fingerprint density at radius 2 is 2.17 bits per heavy atom. The summed E-state index contributed by atoms with van der Waals surface area (Å²) in [6.07, 6.45) is 6.17. The van der Waals surface area contributed by atoms with E-state index in [9.17, 15) is 0 Å². The molecule has 0 aromatic carbocycles. The first-order valence-electron chi connectivity index (χ1n) is 6.93. The molecule has 0 amide bonds. The fraction of sp³-hybridized carbons (Fsp3) is 0.714. The Kier molecular flexibility index (Phi) is 3.33. The fourth-order valence-corrected chi connectivity index (χ4v) is 3.13. The number of hydrogen-bond donors (Lipinski definition) is 0. The maximum absolute atomic E-state index is 8.92. The summed E-state index contributed by atoms with van der Waals surface area (Å²) >= 11 is 0. The third kappa shape index (κ3) is 2.04. The Bertz CT molecular complexity index is 466. The number of hydrogen-bond acceptors (Lipinski definition) is 3. The van der Waals surface area contributed by atoms with Gasteiger partial charge in [-0.2, -0.15) is 5.26 Å². The molecule has 0 spiro atoms. The fourth-order valence-electron chi connectivity index (χ4n) is 3.13. The van der Waals surface area contributed by atoms with Crippen LogP contribution in [-0.4, -0.2) is 22.8 Å². The molecule has 18 heavy (non-hydrogen) atoms. The van der Waals surface area contributed by atoms with E-state index in [-0.39, 0.29) is 0 Å². The molecule has 0 N–H and O–H groups in total. The summed E-state index contributed by atoms with van der Waals surface area (Å²) in [5, 5.41) is 8.92. The van der Waals surface area contributed by atoms with Gasteiger partial charge in [-0.15, -0.1) is 0 Å². The zero-order valence-corrected chi connectivity index (χ0v) is 10.7. The van der Waals surface area contributed by atoms with Crippen molar-refractivity contribution in [1.29, 1.82) is 5.26 Å². The minimum atomic E-state index is 0.457. The predicted octanol–water partition coefficient (Wildman–Crippen LogP) is 2.18. The van der Waals surface area contributed by atoms with Crippen LogP contribution in [0.3, 0.4) is 0 Å². The summed E-state index contributed by atoms with van der Waals surface area (Å²) in [5.74, 6) is 1.75. The van der Waals surface area contributed by atoms with E-state index in [0.717, 1.165) is 44.7 Å². The molecule has 96 valence electrons. The highest BCUT2D eigenvalue weighted by Crippen LogP contribution is 2.31. The molecule has 0 aliphatic carbocycles. The van der Waals surface area contributed by atoms with Crippen molar-refractivity contribution in [3.63, 3.8) is 0 Å². The molecular formula is C14H19N3O. The van der Waals surface area contributed by atoms with Crippen molar-refractivity contribution < 1.29 is 4.74 Å². The number of ether oxygens (including phenoxy) is 1. The van der Waals surface area contributed by atoms with E-state index in [1.54, 1.807) is 0 Å². The molecule has 0 saturated carbocycles. The van der Waals surface area contributed by atoms with Crippen LogP contribution in [0.15, 0.2) is 0 Å². The van der Waals surface area contributed by atoms with Gasteiger partial charge in [-0.1, -0.05) is 0 Å². The van der Waals surface area contributed by atoms with Crippen LogP contribution in [0.5, 0.6) is 0 Å². The van der Waals surface area contributed by atoms with Gasteiger partial charge in [-0.3, -0.25) is 0 Å². The largest absolute Gasteiger partial charge is 0.381 e. The zero-order chi connectivity index (χ0) is 12.4. The van der Waals surface area contributed by atoms with Crippen LogP contribution in [0.4, 0.5) is 0 Å². The van der Waals surface area contributed by atoms with E-state index in [0.29, 0.717) is 12.3 Å². The monoisotopic (exact) mass is 245 g/mol. The lowest BCUT2D eigenvalue weighted by Crippen LogP contribution is -2.20. The highest BCUT2D eigenvalue weighted by Gasteiger charge is 2.26. The molecule has 1 aromatic heterocycles. The second-order valence-corrected chi connectivity index (χ2v) is 5.19. The van der Waals surface area contributed by atoms with Gasteiger partial charge in [0.2, 0.25) is 0 Å². The molecular weight excluding hydrogens is 226 g/mol. The smallest absolute Gasteiger partial charge is 0.112 e. The summed E-state index contributed by atoms with van der Waals surface area (Å²) < 4.78 is 7.83. The average molecular weight is 245 g/mol. The second kappa shape index (κ2) is 5.11. The van der Waals surface area contributed by atoms with E-state index in [1.807, 2.05) is 0 Å². The Labute approximate surface area is 108 Å². The molecule has 0 radical (unpaired) electrons. The van der Waals surface area contributed by atoms with E-state index in [4.69, 9.17) is 15.0 Å². The molecule has 2 aliphatic rings. The van der Waals surface area contributed by atoms with Crippen LogP contribution in [0.1, 0.15) is 48.8 Å². The molecule has 3 heterocycles. The molecule has 4 heteroatoms. The summed E-state index contributed by atoms with van der Waals surface area (Å²) in [4.78, 5) is 4.79. The van der Waals surface area contributed by atoms with Crippen molar-refractivity contribution in [1.82, 2.24) is 9.55 Å². The van der Waals surface area contributed by atoms with Crippen LogP contribution < -0.4 is 0 Å². The molecule has 1 aromatic rings. The molecule has 0 atom stereocenters. The molecule has 0 unspecified atom stereocenters. The number of fused-ring (bicyclic) bond motifs is 1. The number of imidazole rings is 1. The quantitative estimate of drug-likeness (QED) is 0.802. The van der Waals surface area contributed by atoms with Crippen molar-refractivity contribution in [2.45, 2.75) is 51.0 Å². The van der Waals surface area contributed by atoms with Gasteiger partial charge in [0.25, 0.3) is 0 Å². The second-order valence-electron chi connectivity index (χ2n) is 5.19. The van der Waals surface area contributed by atoms with Gasteiger partial charge in [0.1, 0.15) is 5.82 Å². The summed E-state index contributed by atoms with van der Waals surface area (Å²) in [6, 6.07) is 2.25. The van der Waals surface area contributed by atoms with Gasteiger partial charge < -0.3 is 9.30 Å². The normalized spacial score (nSPS) is 20.4. The first-order valence-corrected chi connectivity index (χ1v) is 6.93. The SMILES string of the molecule is N#CCc1nc(C2CCOCC2)n2c1CCCC2. The van der Waals surface area contributed by atoms with Crippen molar-refractivity contribution in [2.24, 2.45) is 0 Å². The molecule has 0 bridgehead atoms. The van der Waals surface area contributed by atoms with Gasteiger partial charge in [0, 0.05) is 31.4 Å². The van der Waals surface area contributed by atoms with Gasteiger partial charge in [0.05, 0.1) is 18.2 Å². The van der Waals surface area contributed by atoms with Crippen LogP contribution in [-0.2, 0) is 24.1 Å². The lowest BCUT2D eigenvalue weighted by Gasteiger charge is -2.24. The Morgan fingerprint density at radius 3 is 2.94 bits per heavy atom. The van der Waals surface area contributed by atoms with Crippen molar-refractivity contribution >= 4 is 0 Å². The lowest BCUT2D eigenvalue weighted by atomic mass is 9.99. The van der Waals surface area contributed by atoms with Crippen LogP contribution in [0.25, 0.3) is 0 Å². The van der Waals surface area contributed by atoms with Crippen molar-refractivity contribution in [3.05, 3.63) is 17.2 Å². The van der Waals surface area contributed by atoms with Crippen molar-refractivity contribution in [3.8, 4) is 6.07 Å². The summed E-state index contributed by atoms with van der Waals surface area (Å²) in [7, 11) is 0. The molecule has 2 aliphatic heterocycles. The Balaban J connectivity index is 1.95. The third-order valence-electron chi connectivity index (χ3n) is 4.06. The van der Waals surface area contributed by atoms with Crippen LogP contribution in [0, 0.1) is 11.3 Å². The number of aromatic nitrogens is 2. The minimum absolute atomic E-state index is 0.457. The number of nitriles is 1. The zero-order valence-electron chi connectivity index (χ0n) is 10.7. The first kappa shape index (κ1) is 11.7. The molecule has 1 fully saturated rings. The maximum atomic E-state index is 8.92. The summed E-state index contributed by atoms with van der Waals surface area (Å²) in [5.41, 5.74) is 2.35. The number of rotatable bonds is 2. The van der Waals surface area contributed by atoms with Gasteiger partial charge in [-0.25, -0.2) is 4.98 Å². The lowest BCUT2D eigenvalue weighted by molar-refractivity contribution is 0.0826. The van der Waals surface area contributed by atoms with E-state index in [2.05, 4.69) is 10.6 Å². The topological polar surface area (TPSA) is 50.8 Å². The predicted molar refractivity (Wildman–Crippen MR) is 67.3 cm³/mol. The van der Waals surface area contributed by atoms with Crippen LogP contribution in [0.2, 0.25) is 0 Å². The Morgan fingerprint density at radius 1 is 1.33 bits per heavy atom.